The normalized spacial score (nSPS) is 25.3. The third kappa shape index (κ3) is 3.42. The van der Waals surface area contributed by atoms with Gasteiger partial charge in [0.05, 0.1) is 12.5 Å². The molecule has 0 radical (unpaired) electrons. The van der Waals surface area contributed by atoms with E-state index >= 15 is 0 Å². The van der Waals surface area contributed by atoms with Gasteiger partial charge in [0.1, 0.15) is 13.2 Å². The third-order valence-electron chi connectivity index (χ3n) is 4.92. The maximum atomic E-state index is 12.4. The van der Waals surface area contributed by atoms with E-state index in [-0.39, 0.29) is 24.2 Å². The van der Waals surface area contributed by atoms with Gasteiger partial charge in [-0.15, -0.1) is 0 Å². The van der Waals surface area contributed by atoms with Crippen molar-refractivity contribution in [2.45, 2.75) is 12.8 Å². The minimum Gasteiger partial charge on any atom is -0.486 e. The van der Waals surface area contributed by atoms with Crippen LogP contribution in [0.4, 0.5) is 5.69 Å². The van der Waals surface area contributed by atoms with Gasteiger partial charge in [0.2, 0.25) is 11.8 Å². The Kier molecular flexibility index (Phi) is 4.48. The molecule has 1 aromatic rings. The first-order chi connectivity index (χ1) is 12.2. The predicted molar refractivity (Wildman–Crippen MR) is 89.8 cm³/mol. The molecule has 25 heavy (non-hydrogen) atoms. The SMILES string of the molecule is O=C(NC[C@@H]1CCOC1)[C@H]1CC(=O)N(c2ccc3c(c2)OCCO3)C1. The number of carbonyl (C=O) groups excluding carboxylic acids is 2. The zero-order valence-corrected chi connectivity index (χ0v) is 14.0. The van der Waals surface area contributed by atoms with Crippen molar-refractivity contribution in [2.75, 3.05) is 44.4 Å². The highest BCUT2D eigenvalue weighted by Gasteiger charge is 2.35. The lowest BCUT2D eigenvalue weighted by atomic mass is 10.1. The first-order valence-electron chi connectivity index (χ1n) is 8.76. The highest BCUT2D eigenvalue weighted by molar-refractivity contribution is 6.00. The van der Waals surface area contributed by atoms with Crippen LogP contribution < -0.4 is 19.7 Å². The van der Waals surface area contributed by atoms with Crippen molar-refractivity contribution < 1.29 is 23.8 Å². The molecule has 3 aliphatic rings. The number of ether oxygens (including phenoxy) is 3. The van der Waals surface area contributed by atoms with E-state index in [1.807, 2.05) is 18.2 Å². The first-order valence-corrected chi connectivity index (χ1v) is 8.76. The van der Waals surface area contributed by atoms with Crippen LogP contribution in [0.2, 0.25) is 0 Å². The summed E-state index contributed by atoms with van der Waals surface area (Å²) in [6.45, 7) is 3.51. The van der Waals surface area contributed by atoms with Gasteiger partial charge in [0, 0.05) is 43.8 Å². The summed E-state index contributed by atoms with van der Waals surface area (Å²) in [6.07, 6.45) is 1.22. The monoisotopic (exact) mass is 346 g/mol. The van der Waals surface area contributed by atoms with E-state index in [1.54, 1.807) is 4.90 Å². The second-order valence-corrected chi connectivity index (χ2v) is 6.71. The molecule has 1 aromatic carbocycles. The van der Waals surface area contributed by atoms with Crippen LogP contribution in [0.3, 0.4) is 0 Å². The molecule has 7 heteroatoms. The Labute approximate surface area is 146 Å². The number of benzene rings is 1. The lowest BCUT2D eigenvalue weighted by Gasteiger charge is -2.22. The van der Waals surface area contributed by atoms with E-state index in [9.17, 15) is 9.59 Å². The third-order valence-corrected chi connectivity index (χ3v) is 4.92. The Morgan fingerprint density at radius 3 is 2.84 bits per heavy atom. The second-order valence-electron chi connectivity index (χ2n) is 6.71. The molecule has 2 fully saturated rings. The van der Waals surface area contributed by atoms with E-state index < -0.39 is 0 Å². The van der Waals surface area contributed by atoms with E-state index in [4.69, 9.17) is 14.2 Å². The van der Waals surface area contributed by atoms with Gasteiger partial charge in [0.25, 0.3) is 0 Å². The first kappa shape index (κ1) is 16.2. The summed E-state index contributed by atoms with van der Waals surface area (Å²) >= 11 is 0. The van der Waals surface area contributed by atoms with Gasteiger partial charge in [-0.2, -0.15) is 0 Å². The molecule has 0 aromatic heterocycles. The summed E-state index contributed by atoms with van der Waals surface area (Å²) in [4.78, 5) is 26.4. The highest BCUT2D eigenvalue weighted by Crippen LogP contribution is 2.36. The molecule has 1 N–H and O–H groups in total. The van der Waals surface area contributed by atoms with Crippen LogP contribution in [-0.4, -0.2) is 51.3 Å². The molecule has 2 atom stereocenters. The number of carbonyl (C=O) groups is 2. The summed E-state index contributed by atoms with van der Waals surface area (Å²) < 4.78 is 16.4. The number of fused-ring (bicyclic) bond motifs is 1. The fourth-order valence-corrected chi connectivity index (χ4v) is 3.47. The molecule has 0 bridgehead atoms. The Hall–Kier alpha value is -2.28. The van der Waals surface area contributed by atoms with Gasteiger partial charge in [-0.25, -0.2) is 0 Å². The molecule has 7 nitrogen and oxygen atoms in total. The standard InChI is InChI=1S/C18H22N2O5/c21-17-7-13(18(22)19-9-12-3-4-23-11-12)10-20(17)14-1-2-15-16(8-14)25-6-5-24-15/h1-2,8,12-13H,3-7,9-11H2,(H,19,22)/t12-,13-/m0/s1. The van der Waals surface area contributed by atoms with Gasteiger partial charge in [-0.05, 0) is 18.6 Å². The zero-order chi connectivity index (χ0) is 17.2. The highest BCUT2D eigenvalue weighted by atomic mass is 16.6. The Morgan fingerprint density at radius 1 is 1.20 bits per heavy atom. The van der Waals surface area contributed by atoms with E-state index in [2.05, 4.69) is 5.32 Å². The molecule has 3 heterocycles. The van der Waals surface area contributed by atoms with Crippen molar-refractivity contribution in [3.05, 3.63) is 18.2 Å². The number of hydrogen-bond acceptors (Lipinski definition) is 5. The van der Waals surface area contributed by atoms with Gasteiger partial charge < -0.3 is 24.4 Å². The topological polar surface area (TPSA) is 77.1 Å². The summed E-state index contributed by atoms with van der Waals surface area (Å²) in [6, 6.07) is 5.45. The quantitative estimate of drug-likeness (QED) is 0.879. The summed E-state index contributed by atoms with van der Waals surface area (Å²) in [7, 11) is 0. The van der Waals surface area contributed by atoms with Crippen molar-refractivity contribution in [3.8, 4) is 11.5 Å². The van der Waals surface area contributed by atoms with Crippen LogP contribution in [-0.2, 0) is 14.3 Å². The van der Waals surface area contributed by atoms with Crippen LogP contribution in [0.25, 0.3) is 0 Å². The van der Waals surface area contributed by atoms with Crippen molar-refractivity contribution in [1.82, 2.24) is 5.32 Å². The maximum Gasteiger partial charge on any atom is 0.227 e. The van der Waals surface area contributed by atoms with Gasteiger partial charge in [-0.1, -0.05) is 0 Å². The number of amides is 2. The predicted octanol–water partition coefficient (Wildman–Crippen LogP) is 0.963. The Bertz CT molecular complexity index is 671. The van der Waals surface area contributed by atoms with E-state index in [0.717, 1.165) is 18.7 Å². The molecule has 0 unspecified atom stereocenters. The van der Waals surface area contributed by atoms with Gasteiger partial charge in [-0.3, -0.25) is 9.59 Å². The van der Waals surface area contributed by atoms with Crippen molar-refractivity contribution in [1.29, 1.82) is 0 Å². The smallest absolute Gasteiger partial charge is 0.227 e. The number of hydrogen-bond donors (Lipinski definition) is 1. The minimum absolute atomic E-state index is 0.0407. The number of nitrogens with zero attached hydrogens (tertiary/aromatic N) is 1. The largest absolute Gasteiger partial charge is 0.486 e. The molecular weight excluding hydrogens is 324 g/mol. The summed E-state index contributed by atoms with van der Waals surface area (Å²) in [5.41, 5.74) is 0.744. The molecule has 0 aliphatic carbocycles. The Balaban J connectivity index is 1.39. The van der Waals surface area contributed by atoms with Crippen molar-refractivity contribution in [3.63, 3.8) is 0 Å². The summed E-state index contributed by atoms with van der Waals surface area (Å²) in [5, 5.41) is 2.97. The minimum atomic E-state index is -0.317. The Morgan fingerprint density at radius 2 is 2.04 bits per heavy atom. The van der Waals surface area contributed by atoms with E-state index in [0.29, 0.717) is 50.3 Å². The molecule has 3 aliphatic heterocycles. The van der Waals surface area contributed by atoms with Crippen LogP contribution in [0.15, 0.2) is 18.2 Å². The van der Waals surface area contributed by atoms with E-state index in [1.165, 1.54) is 0 Å². The number of rotatable bonds is 4. The molecule has 134 valence electrons. The van der Waals surface area contributed by atoms with Crippen molar-refractivity contribution in [2.24, 2.45) is 11.8 Å². The molecule has 2 saturated heterocycles. The summed E-state index contributed by atoms with van der Waals surface area (Å²) in [5.74, 6) is 1.31. The molecule has 2 amide bonds. The maximum absolute atomic E-state index is 12.4. The van der Waals surface area contributed by atoms with Crippen molar-refractivity contribution >= 4 is 17.5 Å². The fourth-order valence-electron chi connectivity index (χ4n) is 3.47. The average Bonchev–Trinajstić information content (AvgIpc) is 3.29. The molecule has 0 saturated carbocycles. The zero-order valence-electron chi connectivity index (χ0n) is 14.0. The van der Waals surface area contributed by atoms with Crippen LogP contribution in [0, 0.1) is 11.8 Å². The second kappa shape index (κ2) is 6.92. The van der Waals surface area contributed by atoms with Gasteiger partial charge in [0.15, 0.2) is 11.5 Å². The lowest BCUT2D eigenvalue weighted by Crippen LogP contribution is -2.36. The fraction of sp³-hybridized carbons (Fsp3) is 0.556. The average molecular weight is 346 g/mol. The number of nitrogens with one attached hydrogen (secondary N) is 1. The lowest BCUT2D eigenvalue weighted by molar-refractivity contribution is -0.126. The van der Waals surface area contributed by atoms with Crippen LogP contribution >= 0.6 is 0 Å². The molecule has 0 spiro atoms. The molecular formula is C18H22N2O5. The van der Waals surface area contributed by atoms with Crippen LogP contribution in [0.5, 0.6) is 11.5 Å². The number of anilines is 1. The van der Waals surface area contributed by atoms with Gasteiger partial charge >= 0.3 is 0 Å². The molecule has 4 rings (SSSR count). The van der Waals surface area contributed by atoms with Crippen LogP contribution in [0.1, 0.15) is 12.8 Å².